The number of hydrazine groups is 1. The Bertz CT molecular complexity index is 541. The van der Waals surface area contributed by atoms with Crippen LogP contribution in [0.5, 0.6) is 0 Å². The molecule has 5 heteroatoms. The van der Waals surface area contributed by atoms with E-state index >= 15 is 0 Å². The van der Waals surface area contributed by atoms with E-state index in [9.17, 15) is 13.2 Å². The van der Waals surface area contributed by atoms with Gasteiger partial charge >= 0.3 is 6.18 Å². The molecule has 114 valence electrons. The highest BCUT2D eigenvalue weighted by Gasteiger charge is 2.66. The molecule has 3 aliphatic carbocycles. The molecule has 1 aromatic carbocycles. The van der Waals surface area contributed by atoms with Crippen LogP contribution >= 0.6 is 0 Å². The molecule has 0 heterocycles. The molecule has 0 aromatic heterocycles. The van der Waals surface area contributed by atoms with Gasteiger partial charge in [-0.25, -0.2) is 0 Å². The quantitative estimate of drug-likeness (QED) is 0.662. The molecule has 2 bridgehead atoms. The van der Waals surface area contributed by atoms with Crippen molar-refractivity contribution in [3.63, 3.8) is 0 Å². The zero-order valence-electron chi connectivity index (χ0n) is 11.6. The molecule has 0 amide bonds. The van der Waals surface area contributed by atoms with Gasteiger partial charge in [-0.2, -0.15) is 13.2 Å². The molecule has 0 saturated heterocycles. The largest absolute Gasteiger partial charge is 0.416 e. The molecular weight excluding hydrogens is 277 g/mol. The first-order valence-electron chi connectivity index (χ1n) is 7.64. The number of rotatable bonds is 3. The molecule has 0 radical (unpaired) electrons. The molecule has 1 aromatic rings. The molecule has 3 N–H and O–H groups in total. The van der Waals surface area contributed by atoms with Crippen molar-refractivity contribution >= 4 is 0 Å². The van der Waals surface area contributed by atoms with E-state index in [0.29, 0.717) is 23.3 Å². The summed E-state index contributed by atoms with van der Waals surface area (Å²) in [7, 11) is 0. The summed E-state index contributed by atoms with van der Waals surface area (Å²) < 4.78 is 38.6. The fourth-order valence-electron chi connectivity index (χ4n) is 5.18. The van der Waals surface area contributed by atoms with E-state index in [-0.39, 0.29) is 6.04 Å². The molecule has 3 saturated carbocycles. The molecule has 3 aliphatic rings. The predicted molar refractivity (Wildman–Crippen MR) is 72.8 cm³/mol. The number of benzene rings is 1. The molecule has 21 heavy (non-hydrogen) atoms. The Morgan fingerprint density at radius 1 is 1.14 bits per heavy atom. The number of hydrogen-bond acceptors (Lipinski definition) is 2. The summed E-state index contributed by atoms with van der Waals surface area (Å²) in [4.78, 5) is 0. The monoisotopic (exact) mass is 296 g/mol. The van der Waals surface area contributed by atoms with Crippen molar-refractivity contribution in [3.05, 3.63) is 35.4 Å². The number of nitrogens with one attached hydrogen (secondary N) is 1. The number of fused-ring (bicyclic) bond motifs is 5. The van der Waals surface area contributed by atoms with Crippen molar-refractivity contribution in [1.29, 1.82) is 0 Å². The Morgan fingerprint density at radius 2 is 1.81 bits per heavy atom. The first kappa shape index (κ1) is 13.6. The van der Waals surface area contributed by atoms with E-state index in [1.165, 1.54) is 31.4 Å². The summed E-state index contributed by atoms with van der Waals surface area (Å²) in [5.74, 6) is 9.04. The van der Waals surface area contributed by atoms with E-state index in [4.69, 9.17) is 5.84 Å². The maximum absolute atomic E-state index is 12.9. The summed E-state index contributed by atoms with van der Waals surface area (Å²) in [5.41, 5.74) is 2.87. The highest BCUT2D eigenvalue weighted by Crippen LogP contribution is 2.72. The standard InChI is InChI=1S/C16H19F3N2/c17-16(18,19)11-3-1-2-10(7-11)15(21-20)14-12-8-4-5-9(6-8)13(12)14/h1-3,7-9,12-15,21H,4-6,20H2. The van der Waals surface area contributed by atoms with Crippen LogP contribution in [-0.4, -0.2) is 0 Å². The molecule has 0 aliphatic heterocycles. The van der Waals surface area contributed by atoms with Crippen molar-refractivity contribution in [2.75, 3.05) is 0 Å². The second-order valence-corrected chi connectivity index (χ2v) is 6.83. The predicted octanol–water partition coefficient (Wildman–Crippen LogP) is 3.50. The van der Waals surface area contributed by atoms with Crippen molar-refractivity contribution < 1.29 is 13.2 Å². The number of nitrogens with two attached hydrogens (primary N) is 1. The third kappa shape index (κ3) is 2.01. The molecule has 2 nitrogen and oxygen atoms in total. The van der Waals surface area contributed by atoms with Gasteiger partial charge in [-0.1, -0.05) is 12.1 Å². The average Bonchev–Trinajstić information content (AvgIpc) is 2.87. The lowest BCUT2D eigenvalue weighted by molar-refractivity contribution is -0.137. The normalized spacial score (nSPS) is 38.4. The number of alkyl halides is 3. The second kappa shape index (κ2) is 4.46. The van der Waals surface area contributed by atoms with E-state index in [1.54, 1.807) is 6.07 Å². The van der Waals surface area contributed by atoms with Crippen LogP contribution in [0.2, 0.25) is 0 Å². The lowest BCUT2D eigenvalue weighted by atomic mass is 9.92. The minimum absolute atomic E-state index is 0.147. The van der Waals surface area contributed by atoms with Crippen LogP contribution in [-0.2, 0) is 6.18 Å². The third-order valence-corrected chi connectivity index (χ3v) is 5.93. The Kier molecular flexibility index (Phi) is 2.89. The lowest BCUT2D eigenvalue weighted by Gasteiger charge is -2.21. The van der Waals surface area contributed by atoms with Crippen LogP contribution < -0.4 is 11.3 Å². The average molecular weight is 296 g/mol. The summed E-state index contributed by atoms with van der Waals surface area (Å²) in [5, 5.41) is 0. The van der Waals surface area contributed by atoms with E-state index in [1.807, 2.05) is 0 Å². The van der Waals surface area contributed by atoms with Crippen molar-refractivity contribution in [2.45, 2.75) is 31.5 Å². The van der Waals surface area contributed by atoms with Gasteiger partial charge in [-0.15, -0.1) is 0 Å². The van der Waals surface area contributed by atoms with Gasteiger partial charge in [-0.05, 0) is 66.5 Å². The van der Waals surface area contributed by atoms with Gasteiger partial charge in [0, 0.05) is 6.04 Å². The van der Waals surface area contributed by atoms with Gasteiger partial charge in [0.25, 0.3) is 0 Å². The zero-order chi connectivity index (χ0) is 14.8. The molecular formula is C16H19F3N2. The second-order valence-electron chi connectivity index (χ2n) is 6.83. The van der Waals surface area contributed by atoms with E-state index in [0.717, 1.165) is 17.9 Å². The number of hydrogen-bond donors (Lipinski definition) is 2. The first-order valence-corrected chi connectivity index (χ1v) is 7.64. The maximum atomic E-state index is 12.9. The summed E-state index contributed by atoms with van der Waals surface area (Å²) in [6.45, 7) is 0. The van der Waals surface area contributed by atoms with Crippen molar-refractivity contribution in [3.8, 4) is 0 Å². The topological polar surface area (TPSA) is 38.0 Å². The van der Waals surface area contributed by atoms with Crippen LogP contribution in [0.1, 0.15) is 36.4 Å². The molecule has 5 unspecified atom stereocenters. The minimum Gasteiger partial charge on any atom is -0.271 e. The zero-order valence-corrected chi connectivity index (χ0v) is 11.6. The summed E-state index contributed by atoms with van der Waals surface area (Å²) in [6.07, 6.45) is -0.385. The fraction of sp³-hybridized carbons (Fsp3) is 0.625. The van der Waals surface area contributed by atoms with E-state index in [2.05, 4.69) is 5.43 Å². The molecule has 4 rings (SSSR count). The molecule has 0 spiro atoms. The third-order valence-electron chi connectivity index (χ3n) is 5.93. The molecule has 3 fully saturated rings. The summed E-state index contributed by atoms with van der Waals surface area (Å²) in [6, 6.07) is 5.46. The number of halogens is 3. The van der Waals surface area contributed by atoms with Gasteiger partial charge < -0.3 is 0 Å². The Hall–Kier alpha value is -1.07. The van der Waals surface area contributed by atoms with Crippen LogP contribution in [0.3, 0.4) is 0 Å². The van der Waals surface area contributed by atoms with Gasteiger partial charge in [-0.3, -0.25) is 11.3 Å². The lowest BCUT2D eigenvalue weighted by Crippen LogP contribution is -2.31. The Balaban J connectivity index is 1.60. The van der Waals surface area contributed by atoms with Gasteiger partial charge in [0.15, 0.2) is 0 Å². The van der Waals surface area contributed by atoms with Crippen LogP contribution in [0.15, 0.2) is 24.3 Å². The van der Waals surface area contributed by atoms with Gasteiger partial charge in [0.05, 0.1) is 5.56 Å². The SMILES string of the molecule is NNC(c1cccc(C(F)(F)F)c1)C1C2C3CCC(C3)C21. The maximum Gasteiger partial charge on any atom is 0.416 e. The molecule has 5 atom stereocenters. The van der Waals surface area contributed by atoms with Crippen LogP contribution in [0, 0.1) is 29.6 Å². The van der Waals surface area contributed by atoms with Crippen molar-refractivity contribution in [1.82, 2.24) is 5.43 Å². The van der Waals surface area contributed by atoms with Gasteiger partial charge in [0.1, 0.15) is 0 Å². The summed E-state index contributed by atoms with van der Waals surface area (Å²) >= 11 is 0. The smallest absolute Gasteiger partial charge is 0.271 e. The van der Waals surface area contributed by atoms with Crippen LogP contribution in [0.4, 0.5) is 13.2 Å². The minimum atomic E-state index is -4.30. The first-order chi connectivity index (χ1) is 10.0. The van der Waals surface area contributed by atoms with E-state index < -0.39 is 11.7 Å². The van der Waals surface area contributed by atoms with Crippen LogP contribution in [0.25, 0.3) is 0 Å². The van der Waals surface area contributed by atoms with Crippen molar-refractivity contribution in [2.24, 2.45) is 35.4 Å². The highest BCUT2D eigenvalue weighted by atomic mass is 19.4. The highest BCUT2D eigenvalue weighted by molar-refractivity contribution is 5.31. The Morgan fingerprint density at radius 3 is 2.38 bits per heavy atom. The fourth-order valence-corrected chi connectivity index (χ4v) is 5.18. The van der Waals surface area contributed by atoms with Gasteiger partial charge in [0.2, 0.25) is 0 Å². The Labute approximate surface area is 121 Å².